The Morgan fingerprint density at radius 3 is 2.83 bits per heavy atom. The molecule has 1 aromatic heterocycles. The number of hydrogen-bond donors (Lipinski definition) is 1. The summed E-state index contributed by atoms with van der Waals surface area (Å²) in [5.74, 6) is 1.20. The lowest BCUT2D eigenvalue weighted by Crippen LogP contribution is -2.50. The maximum absolute atomic E-state index is 4.77. The molecular weight excluding hydrogens is 224 g/mol. The quantitative estimate of drug-likeness (QED) is 0.870. The van der Waals surface area contributed by atoms with Crippen LogP contribution in [0.1, 0.15) is 44.3 Å². The van der Waals surface area contributed by atoms with E-state index in [1.54, 1.807) is 0 Å². The zero-order chi connectivity index (χ0) is 12.5. The molecule has 100 valence electrons. The molecule has 0 radical (unpaired) electrons. The van der Waals surface area contributed by atoms with Crippen LogP contribution in [0, 0.1) is 6.92 Å². The lowest BCUT2D eigenvalue weighted by Gasteiger charge is -2.33. The van der Waals surface area contributed by atoms with Crippen LogP contribution in [-0.4, -0.2) is 35.2 Å². The molecule has 3 rings (SSSR count). The number of rotatable bonds is 2. The Balaban J connectivity index is 1.85. The van der Waals surface area contributed by atoms with Crippen LogP contribution in [0.4, 0.5) is 5.95 Å². The first kappa shape index (κ1) is 12.0. The first-order chi connectivity index (χ1) is 8.74. The third kappa shape index (κ3) is 2.26. The summed E-state index contributed by atoms with van der Waals surface area (Å²) in [7, 11) is 0. The number of piperazine rings is 1. The van der Waals surface area contributed by atoms with Crippen LogP contribution in [0.2, 0.25) is 0 Å². The molecule has 1 aromatic rings. The van der Waals surface area contributed by atoms with Gasteiger partial charge in [-0.05, 0) is 26.7 Å². The van der Waals surface area contributed by atoms with E-state index in [-0.39, 0.29) is 0 Å². The highest BCUT2D eigenvalue weighted by Crippen LogP contribution is 2.33. The Hall–Kier alpha value is -1.03. The average Bonchev–Trinajstić information content (AvgIpc) is 2.97. The van der Waals surface area contributed by atoms with Crippen LogP contribution < -0.4 is 10.2 Å². The van der Waals surface area contributed by atoms with Crippen LogP contribution in [0.15, 0.2) is 6.20 Å². The molecule has 0 unspecified atom stereocenters. The van der Waals surface area contributed by atoms with Crippen LogP contribution >= 0.6 is 0 Å². The molecule has 1 atom stereocenters. The van der Waals surface area contributed by atoms with Crippen molar-refractivity contribution in [2.24, 2.45) is 0 Å². The van der Waals surface area contributed by atoms with Gasteiger partial charge in [0.25, 0.3) is 0 Å². The first-order valence-electron chi connectivity index (χ1n) is 7.28. The molecule has 1 aliphatic carbocycles. The molecule has 0 bridgehead atoms. The van der Waals surface area contributed by atoms with Gasteiger partial charge in [0.2, 0.25) is 5.95 Å². The Labute approximate surface area is 109 Å². The molecule has 0 spiro atoms. The van der Waals surface area contributed by atoms with Crippen molar-refractivity contribution >= 4 is 5.95 Å². The van der Waals surface area contributed by atoms with Gasteiger partial charge in [-0.25, -0.2) is 4.98 Å². The van der Waals surface area contributed by atoms with Crippen LogP contribution in [0.5, 0.6) is 0 Å². The first-order valence-corrected chi connectivity index (χ1v) is 7.28. The van der Waals surface area contributed by atoms with Crippen LogP contribution in [0.3, 0.4) is 0 Å². The number of nitrogens with one attached hydrogen (secondary N) is 1. The van der Waals surface area contributed by atoms with E-state index in [0.717, 1.165) is 25.3 Å². The molecule has 1 saturated heterocycles. The summed E-state index contributed by atoms with van der Waals surface area (Å²) in [5, 5.41) is 3.50. The number of aryl methyl sites for hydroxylation is 1. The van der Waals surface area contributed by atoms with Gasteiger partial charge in [-0.1, -0.05) is 12.8 Å². The minimum Gasteiger partial charge on any atom is -0.339 e. The van der Waals surface area contributed by atoms with E-state index >= 15 is 0 Å². The van der Waals surface area contributed by atoms with Gasteiger partial charge in [0.15, 0.2) is 0 Å². The Bertz CT molecular complexity index is 406. The normalized spacial score (nSPS) is 25.9. The van der Waals surface area contributed by atoms with Crippen LogP contribution in [-0.2, 0) is 0 Å². The lowest BCUT2D eigenvalue weighted by molar-refractivity contribution is 0.457. The largest absolute Gasteiger partial charge is 0.339 e. The maximum atomic E-state index is 4.77. The summed E-state index contributed by atoms with van der Waals surface area (Å²) in [6.45, 7) is 7.58. The predicted molar refractivity (Wildman–Crippen MR) is 74.1 cm³/mol. The molecule has 0 amide bonds. The second kappa shape index (κ2) is 4.92. The van der Waals surface area contributed by atoms with Gasteiger partial charge >= 0.3 is 0 Å². The van der Waals surface area contributed by atoms with Crippen molar-refractivity contribution in [3.05, 3.63) is 11.9 Å². The summed E-state index contributed by atoms with van der Waals surface area (Å²) in [4.78, 5) is 7.23. The number of imidazole rings is 1. The van der Waals surface area contributed by atoms with Gasteiger partial charge in [-0.2, -0.15) is 0 Å². The van der Waals surface area contributed by atoms with Crippen molar-refractivity contribution in [1.29, 1.82) is 0 Å². The second-order valence-corrected chi connectivity index (χ2v) is 5.83. The maximum Gasteiger partial charge on any atom is 0.206 e. The zero-order valence-electron chi connectivity index (χ0n) is 11.5. The topological polar surface area (TPSA) is 33.1 Å². The molecular formula is C14H24N4. The van der Waals surface area contributed by atoms with E-state index in [9.17, 15) is 0 Å². The molecule has 2 heterocycles. The van der Waals surface area contributed by atoms with Crippen molar-refractivity contribution in [2.75, 3.05) is 24.5 Å². The van der Waals surface area contributed by atoms with Gasteiger partial charge in [-0.15, -0.1) is 0 Å². The van der Waals surface area contributed by atoms with Crippen molar-refractivity contribution in [2.45, 2.75) is 51.6 Å². The van der Waals surface area contributed by atoms with Crippen molar-refractivity contribution in [3.63, 3.8) is 0 Å². The summed E-state index contributed by atoms with van der Waals surface area (Å²) < 4.78 is 2.44. The third-order valence-corrected chi connectivity index (χ3v) is 4.20. The Kier molecular flexibility index (Phi) is 3.29. The van der Waals surface area contributed by atoms with Gasteiger partial charge in [-0.3, -0.25) is 0 Å². The van der Waals surface area contributed by atoms with Crippen molar-refractivity contribution in [1.82, 2.24) is 14.9 Å². The fourth-order valence-corrected chi connectivity index (χ4v) is 3.30. The van der Waals surface area contributed by atoms with Crippen molar-refractivity contribution < 1.29 is 0 Å². The SMILES string of the molecule is Cc1cn(C2CCCC2)c(N2CCN[C@H](C)C2)n1. The molecule has 1 saturated carbocycles. The number of hydrogen-bond acceptors (Lipinski definition) is 3. The zero-order valence-corrected chi connectivity index (χ0v) is 11.5. The minimum atomic E-state index is 0.563. The molecule has 4 heteroatoms. The fraction of sp³-hybridized carbons (Fsp3) is 0.786. The highest BCUT2D eigenvalue weighted by Gasteiger charge is 2.25. The van der Waals surface area contributed by atoms with Gasteiger partial charge < -0.3 is 14.8 Å². The Morgan fingerprint density at radius 2 is 2.11 bits per heavy atom. The number of anilines is 1. The molecule has 0 aromatic carbocycles. The third-order valence-electron chi connectivity index (χ3n) is 4.20. The molecule has 4 nitrogen and oxygen atoms in total. The molecule has 2 aliphatic rings. The summed E-state index contributed by atoms with van der Waals surface area (Å²) in [5.41, 5.74) is 1.16. The number of nitrogens with zero attached hydrogens (tertiary/aromatic N) is 3. The number of aromatic nitrogens is 2. The smallest absolute Gasteiger partial charge is 0.206 e. The average molecular weight is 248 g/mol. The summed E-state index contributed by atoms with van der Waals surface area (Å²) in [6.07, 6.45) is 7.64. The molecule has 18 heavy (non-hydrogen) atoms. The monoisotopic (exact) mass is 248 g/mol. The molecule has 1 N–H and O–H groups in total. The summed E-state index contributed by atoms with van der Waals surface area (Å²) in [6, 6.07) is 1.25. The predicted octanol–water partition coefficient (Wildman–Crippen LogP) is 2.10. The Morgan fingerprint density at radius 1 is 1.33 bits per heavy atom. The standard InChI is InChI=1S/C14H24N4/c1-11-9-17(8-7-15-11)14-16-12(2)10-18(14)13-5-3-4-6-13/h10-11,13,15H,3-9H2,1-2H3/t11-/m1/s1. The van der Waals surface area contributed by atoms with Gasteiger partial charge in [0.1, 0.15) is 0 Å². The van der Waals surface area contributed by atoms with E-state index in [1.807, 2.05) is 0 Å². The van der Waals surface area contributed by atoms with E-state index in [2.05, 4.69) is 34.8 Å². The fourth-order valence-electron chi connectivity index (χ4n) is 3.30. The molecule has 1 aliphatic heterocycles. The second-order valence-electron chi connectivity index (χ2n) is 5.83. The lowest BCUT2D eigenvalue weighted by atomic mass is 10.2. The minimum absolute atomic E-state index is 0.563. The van der Waals surface area contributed by atoms with Crippen molar-refractivity contribution in [3.8, 4) is 0 Å². The van der Waals surface area contributed by atoms with Gasteiger partial charge in [0.05, 0.1) is 5.69 Å². The van der Waals surface area contributed by atoms with E-state index in [4.69, 9.17) is 4.98 Å². The van der Waals surface area contributed by atoms with Crippen LogP contribution in [0.25, 0.3) is 0 Å². The van der Waals surface area contributed by atoms with Gasteiger partial charge in [0, 0.05) is 37.9 Å². The molecule has 2 fully saturated rings. The highest BCUT2D eigenvalue weighted by atomic mass is 15.3. The van der Waals surface area contributed by atoms with E-state index < -0.39 is 0 Å². The van der Waals surface area contributed by atoms with E-state index in [1.165, 1.54) is 31.6 Å². The highest BCUT2D eigenvalue weighted by molar-refractivity contribution is 5.35. The summed E-state index contributed by atoms with van der Waals surface area (Å²) >= 11 is 0. The van der Waals surface area contributed by atoms with E-state index in [0.29, 0.717) is 12.1 Å².